The van der Waals surface area contributed by atoms with Crippen LogP contribution < -0.4 is 0 Å². The molecule has 0 saturated carbocycles. The minimum absolute atomic E-state index is 0.296. The lowest BCUT2D eigenvalue weighted by molar-refractivity contribution is -0.152. The highest BCUT2D eigenvalue weighted by atomic mass is 16.6. The van der Waals surface area contributed by atoms with Crippen LogP contribution in [0.25, 0.3) is 0 Å². The number of carbonyl (C=O) groups is 3. The van der Waals surface area contributed by atoms with E-state index in [0.29, 0.717) is 6.61 Å². The molecule has 100 valence electrons. The zero-order valence-electron chi connectivity index (χ0n) is 9.97. The minimum atomic E-state index is -1.10. The van der Waals surface area contributed by atoms with Crippen LogP contribution in [-0.2, 0) is 23.9 Å². The lowest BCUT2D eigenvalue weighted by atomic mass is 10.4. The van der Waals surface area contributed by atoms with Gasteiger partial charge in [-0.15, -0.1) is 0 Å². The van der Waals surface area contributed by atoms with Gasteiger partial charge in [0.05, 0.1) is 6.61 Å². The fourth-order valence-corrected chi connectivity index (χ4v) is 0.594. The van der Waals surface area contributed by atoms with Crippen molar-refractivity contribution in [3.05, 3.63) is 0 Å². The van der Waals surface area contributed by atoms with Gasteiger partial charge < -0.3 is 19.7 Å². The average molecular weight is 250 g/mol. The van der Waals surface area contributed by atoms with Crippen LogP contribution >= 0.6 is 0 Å². The second kappa shape index (κ2) is 12.4. The standard InChI is InChI=1S/C8H14O5.C2H4O2/c1-2-3-4-13-8(11)6-12-5-7(9)10;1-2(3)4/h2-6H2,1H3,(H,9,10);1H3,(H,3,4). The van der Waals surface area contributed by atoms with E-state index in [1.165, 1.54) is 0 Å². The molecule has 0 bridgehead atoms. The maximum Gasteiger partial charge on any atom is 0.332 e. The molecule has 0 heterocycles. The second-order valence-electron chi connectivity index (χ2n) is 2.98. The Morgan fingerprint density at radius 1 is 1.12 bits per heavy atom. The maximum absolute atomic E-state index is 10.8. The van der Waals surface area contributed by atoms with Crippen molar-refractivity contribution in [3.63, 3.8) is 0 Å². The molecule has 0 saturated heterocycles. The number of rotatable bonds is 7. The van der Waals surface area contributed by atoms with Crippen LogP contribution in [0.2, 0.25) is 0 Å². The fourth-order valence-electron chi connectivity index (χ4n) is 0.594. The van der Waals surface area contributed by atoms with E-state index < -0.39 is 24.5 Å². The summed E-state index contributed by atoms with van der Waals surface area (Å²) in [6.07, 6.45) is 1.76. The van der Waals surface area contributed by atoms with E-state index >= 15 is 0 Å². The minimum Gasteiger partial charge on any atom is -0.481 e. The quantitative estimate of drug-likeness (QED) is 0.500. The number of carboxylic acid groups (broad SMARTS) is 2. The van der Waals surface area contributed by atoms with Crippen LogP contribution in [0.4, 0.5) is 0 Å². The van der Waals surface area contributed by atoms with Crippen molar-refractivity contribution < 1.29 is 34.1 Å². The summed E-state index contributed by atoms with van der Waals surface area (Å²) in [7, 11) is 0. The highest BCUT2D eigenvalue weighted by Crippen LogP contribution is 1.89. The molecule has 0 aliphatic rings. The van der Waals surface area contributed by atoms with E-state index in [4.69, 9.17) is 19.7 Å². The van der Waals surface area contributed by atoms with E-state index in [0.717, 1.165) is 19.8 Å². The van der Waals surface area contributed by atoms with Gasteiger partial charge in [0.2, 0.25) is 0 Å². The molecule has 0 atom stereocenters. The Bertz CT molecular complexity index is 233. The van der Waals surface area contributed by atoms with Crippen LogP contribution in [0.15, 0.2) is 0 Å². The van der Waals surface area contributed by atoms with Crippen LogP contribution in [0.3, 0.4) is 0 Å². The summed E-state index contributed by atoms with van der Waals surface area (Å²) in [5, 5.41) is 15.6. The van der Waals surface area contributed by atoms with Crippen LogP contribution in [0, 0.1) is 0 Å². The van der Waals surface area contributed by atoms with Gasteiger partial charge in [-0.2, -0.15) is 0 Å². The Hall–Kier alpha value is -1.63. The molecule has 0 aromatic heterocycles. The summed E-state index contributed by atoms with van der Waals surface area (Å²) in [5.74, 6) is -2.45. The summed E-state index contributed by atoms with van der Waals surface area (Å²) >= 11 is 0. The van der Waals surface area contributed by atoms with Crippen molar-refractivity contribution in [1.29, 1.82) is 0 Å². The number of unbranched alkanes of at least 4 members (excludes halogenated alkanes) is 1. The monoisotopic (exact) mass is 250 g/mol. The Morgan fingerprint density at radius 2 is 1.65 bits per heavy atom. The molecule has 0 radical (unpaired) electrons. The second-order valence-corrected chi connectivity index (χ2v) is 2.98. The number of hydrogen-bond acceptors (Lipinski definition) is 5. The number of ether oxygens (including phenoxy) is 2. The van der Waals surface area contributed by atoms with Gasteiger partial charge in [0, 0.05) is 6.92 Å². The highest BCUT2D eigenvalue weighted by molar-refractivity contribution is 5.72. The predicted octanol–water partition coefficient (Wildman–Crippen LogP) is 0.522. The molecule has 0 unspecified atom stereocenters. The zero-order valence-corrected chi connectivity index (χ0v) is 9.97. The predicted molar refractivity (Wildman–Crippen MR) is 57.6 cm³/mol. The third-order valence-corrected chi connectivity index (χ3v) is 1.21. The molecule has 0 aliphatic heterocycles. The lowest BCUT2D eigenvalue weighted by Gasteiger charge is -2.02. The zero-order chi connectivity index (χ0) is 13.7. The largest absolute Gasteiger partial charge is 0.481 e. The summed E-state index contributed by atoms with van der Waals surface area (Å²) in [4.78, 5) is 29.7. The van der Waals surface area contributed by atoms with E-state index in [1.807, 2.05) is 6.92 Å². The number of carbonyl (C=O) groups excluding carboxylic acids is 1. The Balaban J connectivity index is 0. The van der Waals surface area contributed by atoms with Gasteiger partial charge in [-0.1, -0.05) is 13.3 Å². The first-order chi connectivity index (χ1) is 7.90. The van der Waals surface area contributed by atoms with Gasteiger partial charge >= 0.3 is 11.9 Å². The van der Waals surface area contributed by atoms with E-state index in [-0.39, 0.29) is 6.61 Å². The molecule has 0 fully saturated rings. The first-order valence-electron chi connectivity index (χ1n) is 5.04. The van der Waals surface area contributed by atoms with Crippen molar-refractivity contribution >= 4 is 17.9 Å². The molecular formula is C10H18O7. The first-order valence-corrected chi connectivity index (χ1v) is 5.04. The van der Waals surface area contributed by atoms with Gasteiger partial charge in [-0.05, 0) is 6.42 Å². The van der Waals surface area contributed by atoms with Gasteiger partial charge in [-0.25, -0.2) is 9.59 Å². The normalized spacial score (nSPS) is 8.82. The molecule has 17 heavy (non-hydrogen) atoms. The van der Waals surface area contributed by atoms with Crippen LogP contribution in [0.1, 0.15) is 26.7 Å². The Kier molecular flexibility index (Phi) is 13.0. The molecule has 0 aromatic rings. The Labute approximate surface area is 99.3 Å². The van der Waals surface area contributed by atoms with E-state index in [1.54, 1.807) is 0 Å². The van der Waals surface area contributed by atoms with Crippen molar-refractivity contribution in [1.82, 2.24) is 0 Å². The maximum atomic E-state index is 10.8. The molecule has 7 nitrogen and oxygen atoms in total. The summed E-state index contributed by atoms with van der Waals surface area (Å²) < 4.78 is 9.22. The van der Waals surface area contributed by atoms with E-state index in [2.05, 4.69) is 4.74 Å². The molecule has 0 aromatic carbocycles. The number of hydrogen-bond donors (Lipinski definition) is 2. The molecule has 7 heteroatoms. The molecule has 0 aliphatic carbocycles. The topological polar surface area (TPSA) is 110 Å². The Morgan fingerprint density at radius 3 is 2.06 bits per heavy atom. The highest BCUT2D eigenvalue weighted by Gasteiger charge is 2.03. The van der Waals surface area contributed by atoms with Gasteiger partial charge in [0.1, 0.15) is 13.2 Å². The first kappa shape index (κ1) is 17.8. The van der Waals surface area contributed by atoms with Crippen LogP contribution in [0.5, 0.6) is 0 Å². The number of esters is 1. The molecule has 0 amide bonds. The van der Waals surface area contributed by atoms with Crippen molar-refractivity contribution in [2.24, 2.45) is 0 Å². The lowest BCUT2D eigenvalue weighted by Crippen LogP contribution is -2.16. The van der Waals surface area contributed by atoms with Gasteiger partial charge in [0.25, 0.3) is 5.97 Å². The van der Waals surface area contributed by atoms with Crippen molar-refractivity contribution in [2.75, 3.05) is 19.8 Å². The van der Waals surface area contributed by atoms with E-state index in [9.17, 15) is 9.59 Å². The average Bonchev–Trinajstić information content (AvgIpc) is 2.16. The molecule has 0 spiro atoms. The number of carboxylic acids is 2. The molecule has 2 N–H and O–H groups in total. The summed E-state index contributed by atoms with van der Waals surface area (Å²) in [6.45, 7) is 2.67. The van der Waals surface area contributed by atoms with Crippen molar-refractivity contribution in [3.8, 4) is 0 Å². The number of aliphatic carboxylic acids is 2. The summed E-state index contributed by atoms with van der Waals surface area (Å²) in [5.41, 5.74) is 0. The third kappa shape index (κ3) is 25.0. The van der Waals surface area contributed by atoms with Crippen molar-refractivity contribution in [2.45, 2.75) is 26.7 Å². The summed E-state index contributed by atoms with van der Waals surface area (Å²) in [6, 6.07) is 0. The van der Waals surface area contributed by atoms with Crippen LogP contribution in [-0.4, -0.2) is 47.9 Å². The van der Waals surface area contributed by atoms with Gasteiger partial charge in [0.15, 0.2) is 0 Å². The third-order valence-electron chi connectivity index (χ3n) is 1.21. The molecule has 0 rings (SSSR count). The fraction of sp³-hybridized carbons (Fsp3) is 0.700. The molecular weight excluding hydrogens is 232 g/mol. The smallest absolute Gasteiger partial charge is 0.332 e. The van der Waals surface area contributed by atoms with Gasteiger partial charge in [-0.3, -0.25) is 4.79 Å². The SMILES string of the molecule is CC(=O)O.CCCCOC(=O)COCC(=O)O.